The Morgan fingerprint density at radius 1 is 1.39 bits per heavy atom. The van der Waals surface area contributed by atoms with E-state index in [1.54, 1.807) is 0 Å². The SMILES string of the molecule is CC(=O)/C=C/c1ccc(C(F)(F)F)cc1[N+](=O)[O-]. The standard InChI is InChI=1S/C11H8F3NO3/c1-7(16)2-3-8-4-5-9(11(12,13)14)6-10(8)15(17)18/h2-6H,1H3/b3-2+. The van der Waals surface area contributed by atoms with Gasteiger partial charge in [0, 0.05) is 6.07 Å². The molecule has 0 spiro atoms. The van der Waals surface area contributed by atoms with Crippen LogP contribution in [0.1, 0.15) is 18.1 Å². The van der Waals surface area contributed by atoms with Gasteiger partial charge in [0.25, 0.3) is 5.69 Å². The molecule has 0 radical (unpaired) electrons. The van der Waals surface area contributed by atoms with Gasteiger partial charge in [0.1, 0.15) is 0 Å². The molecule has 0 atom stereocenters. The van der Waals surface area contributed by atoms with E-state index >= 15 is 0 Å². The maximum Gasteiger partial charge on any atom is 0.416 e. The van der Waals surface area contributed by atoms with E-state index in [1.807, 2.05) is 0 Å². The van der Waals surface area contributed by atoms with Crippen LogP contribution in [0.25, 0.3) is 6.08 Å². The van der Waals surface area contributed by atoms with E-state index in [9.17, 15) is 28.1 Å². The molecule has 0 aromatic heterocycles. The summed E-state index contributed by atoms with van der Waals surface area (Å²) in [7, 11) is 0. The van der Waals surface area contributed by atoms with Crippen molar-refractivity contribution in [3.8, 4) is 0 Å². The van der Waals surface area contributed by atoms with Crippen molar-refractivity contribution in [1.29, 1.82) is 0 Å². The van der Waals surface area contributed by atoms with Crippen LogP contribution in [-0.4, -0.2) is 10.7 Å². The van der Waals surface area contributed by atoms with Crippen molar-refractivity contribution >= 4 is 17.5 Å². The zero-order chi connectivity index (χ0) is 13.9. The number of alkyl halides is 3. The number of halogens is 3. The molecule has 0 saturated heterocycles. The van der Waals surface area contributed by atoms with Crippen LogP contribution in [-0.2, 0) is 11.0 Å². The minimum absolute atomic E-state index is 0.0526. The second kappa shape index (κ2) is 4.99. The lowest BCUT2D eigenvalue weighted by molar-refractivity contribution is -0.385. The molecule has 0 unspecified atom stereocenters. The van der Waals surface area contributed by atoms with Gasteiger partial charge in [-0.3, -0.25) is 14.9 Å². The fraction of sp³-hybridized carbons (Fsp3) is 0.182. The molecular formula is C11H8F3NO3. The first-order valence-corrected chi connectivity index (χ1v) is 4.76. The van der Waals surface area contributed by atoms with E-state index in [2.05, 4.69) is 0 Å². The van der Waals surface area contributed by atoms with Crippen LogP contribution in [0.4, 0.5) is 18.9 Å². The number of allylic oxidation sites excluding steroid dienone is 1. The molecule has 1 rings (SSSR count). The molecule has 0 amide bonds. The molecule has 0 saturated carbocycles. The van der Waals surface area contributed by atoms with E-state index in [1.165, 1.54) is 6.92 Å². The van der Waals surface area contributed by atoms with E-state index in [0.717, 1.165) is 24.3 Å². The normalized spacial score (nSPS) is 11.8. The third-order valence-corrected chi connectivity index (χ3v) is 2.05. The number of carbonyl (C=O) groups excluding carboxylic acids is 1. The van der Waals surface area contributed by atoms with Gasteiger partial charge in [-0.2, -0.15) is 13.2 Å². The van der Waals surface area contributed by atoms with Crippen molar-refractivity contribution in [2.45, 2.75) is 13.1 Å². The summed E-state index contributed by atoms with van der Waals surface area (Å²) >= 11 is 0. The van der Waals surface area contributed by atoms with Crippen LogP contribution >= 0.6 is 0 Å². The highest BCUT2D eigenvalue weighted by Gasteiger charge is 2.32. The minimum Gasteiger partial charge on any atom is -0.295 e. The predicted octanol–water partition coefficient (Wildman–Crippen LogP) is 3.22. The van der Waals surface area contributed by atoms with Crippen LogP contribution in [0.5, 0.6) is 0 Å². The lowest BCUT2D eigenvalue weighted by Crippen LogP contribution is -2.06. The highest BCUT2D eigenvalue weighted by Crippen LogP contribution is 2.33. The second-order valence-electron chi connectivity index (χ2n) is 3.47. The van der Waals surface area contributed by atoms with Gasteiger partial charge >= 0.3 is 6.18 Å². The van der Waals surface area contributed by atoms with Crippen molar-refractivity contribution in [2.75, 3.05) is 0 Å². The van der Waals surface area contributed by atoms with Gasteiger partial charge in [0.05, 0.1) is 16.1 Å². The number of rotatable bonds is 3. The summed E-state index contributed by atoms with van der Waals surface area (Å²) in [5.74, 6) is -0.357. The largest absolute Gasteiger partial charge is 0.416 e. The topological polar surface area (TPSA) is 60.2 Å². The molecule has 0 bridgehead atoms. The molecule has 4 nitrogen and oxygen atoms in total. The average molecular weight is 259 g/mol. The fourth-order valence-electron chi connectivity index (χ4n) is 1.23. The molecule has 0 fully saturated rings. The minimum atomic E-state index is -4.65. The van der Waals surface area contributed by atoms with Gasteiger partial charge in [-0.1, -0.05) is 0 Å². The number of hydrogen-bond donors (Lipinski definition) is 0. The first-order chi connectivity index (χ1) is 8.21. The van der Waals surface area contributed by atoms with Gasteiger partial charge in [-0.25, -0.2) is 0 Å². The Kier molecular flexibility index (Phi) is 3.85. The number of nitrogens with zero attached hydrogens (tertiary/aromatic N) is 1. The fourth-order valence-corrected chi connectivity index (χ4v) is 1.23. The summed E-state index contributed by atoms with van der Waals surface area (Å²) in [6.07, 6.45) is -2.48. The van der Waals surface area contributed by atoms with Crippen molar-refractivity contribution in [2.24, 2.45) is 0 Å². The van der Waals surface area contributed by atoms with Gasteiger partial charge in [0.15, 0.2) is 5.78 Å². The Morgan fingerprint density at radius 2 is 2.00 bits per heavy atom. The van der Waals surface area contributed by atoms with Crippen LogP contribution in [0, 0.1) is 10.1 Å². The summed E-state index contributed by atoms with van der Waals surface area (Å²) in [5.41, 5.74) is -1.85. The number of carbonyl (C=O) groups is 1. The highest BCUT2D eigenvalue weighted by molar-refractivity contribution is 5.92. The smallest absolute Gasteiger partial charge is 0.295 e. The van der Waals surface area contributed by atoms with Crippen molar-refractivity contribution in [1.82, 2.24) is 0 Å². The zero-order valence-electron chi connectivity index (χ0n) is 9.19. The number of benzene rings is 1. The summed E-state index contributed by atoms with van der Waals surface area (Å²) in [5, 5.41) is 10.7. The molecule has 0 aliphatic rings. The third-order valence-electron chi connectivity index (χ3n) is 2.05. The summed E-state index contributed by atoms with van der Waals surface area (Å²) in [4.78, 5) is 20.4. The Balaban J connectivity index is 3.30. The van der Waals surface area contributed by atoms with E-state index < -0.39 is 22.4 Å². The van der Waals surface area contributed by atoms with Gasteiger partial charge in [-0.15, -0.1) is 0 Å². The second-order valence-corrected chi connectivity index (χ2v) is 3.47. The van der Waals surface area contributed by atoms with Crippen LogP contribution in [0.3, 0.4) is 0 Å². The Bertz CT molecular complexity index is 521. The number of hydrogen-bond acceptors (Lipinski definition) is 3. The summed E-state index contributed by atoms with van der Waals surface area (Å²) in [6.45, 7) is 1.23. The molecule has 0 aliphatic carbocycles. The number of nitro groups is 1. The lowest BCUT2D eigenvalue weighted by Gasteiger charge is -2.06. The molecular weight excluding hydrogens is 251 g/mol. The molecule has 1 aromatic carbocycles. The number of ketones is 1. The summed E-state index contributed by atoms with van der Waals surface area (Å²) < 4.78 is 37.1. The van der Waals surface area contributed by atoms with Crippen molar-refractivity contribution in [3.63, 3.8) is 0 Å². The molecule has 18 heavy (non-hydrogen) atoms. The Labute approximate surface area is 99.9 Å². The predicted molar refractivity (Wildman–Crippen MR) is 57.8 cm³/mol. The van der Waals surface area contributed by atoms with Crippen LogP contribution in [0.2, 0.25) is 0 Å². The van der Waals surface area contributed by atoms with Crippen LogP contribution < -0.4 is 0 Å². The van der Waals surface area contributed by atoms with Gasteiger partial charge in [-0.05, 0) is 31.2 Å². The molecule has 0 heterocycles. The quantitative estimate of drug-likeness (QED) is 0.475. The molecule has 1 aromatic rings. The number of nitro benzene ring substituents is 1. The third kappa shape index (κ3) is 3.41. The highest BCUT2D eigenvalue weighted by atomic mass is 19.4. The lowest BCUT2D eigenvalue weighted by atomic mass is 10.1. The maximum atomic E-state index is 12.4. The first-order valence-electron chi connectivity index (χ1n) is 4.76. The Morgan fingerprint density at radius 3 is 2.44 bits per heavy atom. The van der Waals surface area contributed by atoms with Crippen molar-refractivity contribution in [3.05, 3.63) is 45.5 Å². The van der Waals surface area contributed by atoms with E-state index in [-0.39, 0.29) is 11.3 Å². The first kappa shape index (κ1) is 13.9. The van der Waals surface area contributed by atoms with E-state index in [4.69, 9.17) is 0 Å². The Hall–Kier alpha value is -2.18. The van der Waals surface area contributed by atoms with Gasteiger partial charge < -0.3 is 0 Å². The van der Waals surface area contributed by atoms with Crippen molar-refractivity contribution < 1.29 is 22.9 Å². The molecule has 96 valence electrons. The van der Waals surface area contributed by atoms with E-state index in [0.29, 0.717) is 6.07 Å². The monoisotopic (exact) mass is 259 g/mol. The maximum absolute atomic E-state index is 12.4. The molecule has 0 aliphatic heterocycles. The zero-order valence-corrected chi connectivity index (χ0v) is 9.19. The summed E-state index contributed by atoms with van der Waals surface area (Å²) in [6, 6.07) is 2.13. The molecule has 0 N–H and O–H groups in total. The van der Waals surface area contributed by atoms with Crippen LogP contribution in [0.15, 0.2) is 24.3 Å². The average Bonchev–Trinajstić information content (AvgIpc) is 2.24. The molecule has 7 heteroatoms. The van der Waals surface area contributed by atoms with Gasteiger partial charge in [0.2, 0.25) is 0 Å².